The Kier molecular flexibility index (Phi) is 7.76. The number of nitrogens with zero attached hydrogens (tertiary/aromatic N) is 1. The van der Waals surface area contributed by atoms with Crippen LogP contribution in [0.25, 0.3) is 10.8 Å². The van der Waals surface area contributed by atoms with E-state index < -0.39 is 0 Å². The fraction of sp³-hybridized carbons (Fsp3) is 0.435. The molecular weight excluding hydrogens is 370 g/mol. The van der Waals surface area contributed by atoms with E-state index in [4.69, 9.17) is 23.8 Å². The first kappa shape index (κ1) is 22.4. The summed E-state index contributed by atoms with van der Waals surface area (Å²) < 4.78 is 22.8. The van der Waals surface area contributed by atoms with Gasteiger partial charge >= 0.3 is 0 Å². The molecule has 2 aromatic rings. The molecule has 0 aliphatic heterocycles. The molecule has 0 atom stereocenters. The van der Waals surface area contributed by atoms with E-state index >= 15 is 0 Å². The van der Waals surface area contributed by atoms with Crippen LogP contribution in [0, 0.1) is 0 Å². The standard InChI is InChI=1S/C23H31NO5/c1-14(2)9-10-17(24-29-15(3)4)16-13-20(27-7)21-18(25-5)11-12-19(26-6)22(21)23(16)28-8/h9,11-13,15H,10H2,1-8H3. The summed E-state index contributed by atoms with van der Waals surface area (Å²) in [5, 5.41) is 5.96. The second-order valence-electron chi connectivity index (χ2n) is 7.06. The van der Waals surface area contributed by atoms with Crippen LogP contribution in [0.2, 0.25) is 0 Å². The fourth-order valence-corrected chi connectivity index (χ4v) is 3.03. The molecule has 0 aromatic heterocycles. The van der Waals surface area contributed by atoms with Gasteiger partial charge in [-0.3, -0.25) is 0 Å². The minimum Gasteiger partial charge on any atom is -0.496 e. The zero-order valence-electron chi connectivity index (χ0n) is 18.6. The second kappa shape index (κ2) is 10.0. The molecule has 2 rings (SSSR count). The Bertz CT molecular complexity index is 911. The number of oxime groups is 1. The highest BCUT2D eigenvalue weighted by Gasteiger charge is 2.23. The van der Waals surface area contributed by atoms with Gasteiger partial charge in [0.1, 0.15) is 29.1 Å². The molecule has 6 nitrogen and oxygen atoms in total. The largest absolute Gasteiger partial charge is 0.496 e. The van der Waals surface area contributed by atoms with Gasteiger partial charge in [-0.25, -0.2) is 0 Å². The van der Waals surface area contributed by atoms with E-state index in [1.165, 1.54) is 5.57 Å². The normalized spacial score (nSPS) is 11.4. The number of methoxy groups -OCH3 is 4. The molecule has 0 fully saturated rings. The third kappa shape index (κ3) is 4.94. The Hall–Kier alpha value is -2.89. The molecule has 0 heterocycles. The second-order valence-corrected chi connectivity index (χ2v) is 7.06. The third-order valence-corrected chi connectivity index (χ3v) is 4.37. The van der Waals surface area contributed by atoms with E-state index in [9.17, 15) is 0 Å². The lowest BCUT2D eigenvalue weighted by Gasteiger charge is -2.19. The van der Waals surface area contributed by atoms with E-state index in [0.29, 0.717) is 29.4 Å². The van der Waals surface area contributed by atoms with Gasteiger partial charge in [-0.1, -0.05) is 16.8 Å². The maximum Gasteiger partial charge on any atom is 0.140 e. The molecule has 0 unspecified atom stereocenters. The molecule has 0 radical (unpaired) electrons. The van der Waals surface area contributed by atoms with Gasteiger partial charge in [0, 0.05) is 12.0 Å². The molecule has 29 heavy (non-hydrogen) atoms. The van der Waals surface area contributed by atoms with Crippen molar-refractivity contribution in [1.29, 1.82) is 0 Å². The van der Waals surface area contributed by atoms with Crippen LogP contribution in [0.1, 0.15) is 39.7 Å². The Morgan fingerprint density at radius 1 is 0.897 bits per heavy atom. The molecule has 0 aliphatic rings. The highest BCUT2D eigenvalue weighted by Crippen LogP contribution is 2.46. The minimum absolute atomic E-state index is 0.0420. The van der Waals surface area contributed by atoms with Gasteiger partial charge in [0.15, 0.2) is 0 Å². The summed E-state index contributed by atoms with van der Waals surface area (Å²) in [5.41, 5.74) is 2.71. The molecule has 0 N–H and O–H groups in total. The van der Waals surface area contributed by atoms with E-state index in [0.717, 1.165) is 22.0 Å². The first-order valence-corrected chi connectivity index (χ1v) is 9.53. The fourth-order valence-electron chi connectivity index (χ4n) is 3.03. The molecule has 158 valence electrons. The molecule has 0 aliphatic carbocycles. The van der Waals surface area contributed by atoms with Gasteiger partial charge in [-0.15, -0.1) is 0 Å². The van der Waals surface area contributed by atoms with Crippen LogP contribution in [0.15, 0.2) is 35.0 Å². The Labute approximate surface area is 173 Å². The Morgan fingerprint density at radius 2 is 1.48 bits per heavy atom. The van der Waals surface area contributed by atoms with Crippen molar-refractivity contribution in [2.45, 2.75) is 40.2 Å². The van der Waals surface area contributed by atoms with Crippen molar-refractivity contribution in [2.75, 3.05) is 28.4 Å². The number of fused-ring (bicyclic) bond motifs is 1. The first-order valence-electron chi connectivity index (χ1n) is 9.53. The SMILES string of the molecule is COc1ccc(OC)c2c(OC)c(C(CC=C(C)C)=NOC(C)C)cc(OC)c12. The van der Waals surface area contributed by atoms with E-state index in [-0.39, 0.29) is 6.10 Å². The molecule has 0 amide bonds. The maximum absolute atomic E-state index is 5.85. The van der Waals surface area contributed by atoms with E-state index in [1.54, 1.807) is 28.4 Å². The van der Waals surface area contributed by atoms with Gasteiger partial charge in [0.05, 0.1) is 44.9 Å². The summed E-state index contributed by atoms with van der Waals surface area (Å²) in [6.45, 7) is 7.97. The van der Waals surface area contributed by atoms with Crippen LogP contribution in [-0.4, -0.2) is 40.3 Å². The lowest BCUT2D eigenvalue weighted by molar-refractivity contribution is 0.0857. The van der Waals surface area contributed by atoms with E-state index in [1.807, 2.05) is 45.9 Å². The number of benzene rings is 2. The lowest BCUT2D eigenvalue weighted by Crippen LogP contribution is -2.08. The highest BCUT2D eigenvalue weighted by molar-refractivity contribution is 6.12. The van der Waals surface area contributed by atoms with Crippen molar-refractivity contribution < 1.29 is 23.8 Å². The number of allylic oxidation sites excluding steroid dienone is 2. The summed E-state index contributed by atoms with van der Waals surface area (Å²) in [6.07, 6.45) is 2.65. The zero-order chi connectivity index (χ0) is 21.6. The molecule has 0 bridgehead atoms. The van der Waals surface area contributed by atoms with Gasteiger partial charge in [-0.2, -0.15) is 0 Å². The first-order chi connectivity index (χ1) is 13.9. The smallest absolute Gasteiger partial charge is 0.140 e. The predicted molar refractivity (Wildman–Crippen MR) is 117 cm³/mol. The van der Waals surface area contributed by atoms with Gasteiger partial charge < -0.3 is 23.8 Å². The lowest BCUT2D eigenvalue weighted by atomic mass is 9.97. The van der Waals surface area contributed by atoms with Gasteiger partial charge in [0.25, 0.3) is 0 Å². The van der Waals surface area contributed by atoms with Crippen LogP contribution in [0.5, 0.6) is 23.0 Å². The number of rotatable bonds is 9. The van der Waals surface area contributed by atoms with Crippen LogP contribution < -0.4 is 18.9 Å². The maximum atomic E-state index is 5.85. The van der Waals surface area contributed by atoms with Crippen LogP contribution >= 0.6 is 0 Å². The number of ether oxygens (including phenoxy) is 4. The Morgan fingerprint density at radius 3 is 1.97 bits per heavy atom. The van der Waals surface area contributed by atoms with Crippen LogP contribution in [0.3, 0.4) is 0 Å². The quantitative estimate of drug-likeness (QED) is 0.322. The molecule has 6 heteroatoms. The van der Waals surface area contributed by atoms with Crippen molar-refractivity contribution in [3.8, 4) is 23.0 Å². The molecule has 2 aromatic carbocycles. The predicted octanol–water partition coefficient (Wildman–Crippen LogP) is 5.36. The summed E-state index contributed by atoms with van der Waals surface area (Å²) in [6, 6.07) is 5.61. The van der Waals surface area contributed by atoms with Gasteiger partial charge in [-0.05, 0) is 45.9 Å². The summed E-state index contributed by atoms with van der Waals surface area (Å²) >= 11 is 0. The Balaban J connectivity index is 2.90. The minimum atomic E-state index is -0.0420. The molecule has 0 saturated carbocycles. The van der Waals surface area contributed by atoms with Crippen LogP contribution in [-0.2, 0) is 4.84 Å². The molecular formula is C23H31NO5. The zero-order valence-corrected chi connectivity index (χ0v) is 18.6. The average molecular weight is 402 g/mol. The number of hydrogen-bond donors (Lipinski definition) is 0. The van der Waals surface area contributed by atoms with Crippen molar-refractivity contribution in [3.63, 3.8) is 0 Å². The summed E-state index contributed by atoms with van der Waals surface area (Å²) in [4.78, 5) is 5.58. The van der Waals surface area contributed by atoms with Crippen molar-refractivity contribution >= 4 is 16.5 Å². The van der Waals surface area contributed by atoms with Crippen molar-refractivity contribution in [2.24, 2.45) is 5.16 Å². The number of hydrogen-bond acceptors (Lipinski definition) is 6. The van der Waals surface area contributed by atoms with Crippen molar-refractivity contribution in [3.05, 3.63) is 35.4 Å². The average Bonchev–Trinajstić information content (AvgIpc) is 2.71. The monoisotopic (exact) mass is 401 g/mol. The molecule has 0 spiro atoms. The summed E-state index contributed by atoms with van der Waals surface area (Å²) in [7, 11) is 6.51. The third-order valence-electron chi connectivity index (χ3n) is 4.37. The summed E-state index contributed by atoms with van der Waals surface area (Å²) in [5.74, 6) is 2.60. The van der Waals surface area contributed by atoms with Crippen LogP contribution in [0.4, 0.5) is 0 Å². The molecule has 0 saturated heterocycles. The topological polar surface area (TPSA) is 58.5 Å². The highest BCUT2D eigenvalue weighted by atomic mass is 16.6. The van der Waals surface area contributed by atoms with E-state index in [2.05, 4.69) is 11.2 Å². The van der Waals surface area contributed by atoms with Gasteiger partial charge in [0.2, 0.25) is 0 Å². The van der Waals surface area contributed by atoms with Crippen molar-refractivity contribution in [1.82, 2.24) is 0 Å².